The molecule has 14 heteroatoms. The number of aromatic amines is 2. The Morgan fingerprint density at radius 1 is 0.581 bits per heavy atom. The minimum atomic E-state index is -0.736. The van der Waals surface area contributed by atoms with Crippen LogP contribution in [-0.2, 0) is 32.2 Å². The second kappa shape index (κ2) is 23.5. The quantitative estimate of drug-likeness (QED) is 0.0834. The van der Waals surface area contributed by atoms with Crippen LogP contribution < -0.4 is 10.6 Å². The maximum Gasteiger partial charge on any atom is 0.407 e. The topological polar surface area (TPSA) is 175 Å². The Labute approximate surface area is 367 Å². The number of carbonyl (C=O) groups is 4. The molecular formula is C48H64N8O6. The Kier molecular flexibility index (Phi) is 18.8. The van der Waals surface area contributed by atoms with Crippen molar-refractivity contribution in [1.29, 1.82) is 0 Å². The molecule has 4 atom stereocenters. The van der Waals surface area contributed by atoms with Crippen molar-refractivity contribution in [2.24, 2.45) is 23.7 Å². The molecule has 0 saturated carbocycles. The van der Waals surface area contributed by atoms with Gasteiger partial charge in [-0.3, -0.25) is 9.59 Å². The van der Waals surface area contributed by atoms with Crippen LogP contribution in [0.15, 0.2) is 60.9 Å². The molecule has 2 aromatic carbocycles. The zero-order chi connectivity index (χ0) is 46.3. The minimum Gasteiger partial charge on any atom is -0.453 e. The van der Waals surface area contributed by atoms with Crippen LogP contribution >= 0.6 is 0 Å². The van der Waals surface area contributed by atoms with Gasteiger partial charge in [-0.25, -0.2) is 19.6 Å². The van der Waals surface area contributed by atoms with Gasteiger partial charge in [0.05, 0.1) is 51.1 Å². The Bertz CT molecular complexity index is 2010. The highest BCUT2D eigenvalue weighted by molar-refractivity contribution is 5.87. The van der Waals surface area contributed by atoms with Gasteiger partial charge in [-0.15, -0.1) is 12.8 Å². The maximum atomic E-state index is 13.8. The van der Waals surface area contributed by atoms with Crippen molar-refractivity contribution in [2.45, 2.75) is 106 Å². The summed E-state index contributed by atoms with van der Waals surface area (Å²) in [5.74, 6) is 7.52. The number of benzene rings is 2. The highest BCUT2D eigenvalue weighted by atomic mass is 16.5. The van der Waals surface area contributed by atoms with Gasteiger partial charge < -0.3 is 39.9 Å². The summed E-state index contributed by atoms with van der Waals surface area (Å²) in [6.45, 7) is 20.4. The van der Waals surface area contributed by atoms with Gasteiger partial charge in [0.1, 0.15) is 23.7 Å². The lowest BCUT2D eigenvalue weighted by Gasteiger charge is -2.35. The molecule has 0 saturated heterocycles. The van der Waals surface area contributed by atoms with E-state index in [1.165, 1.54) is 14.2 Å². The molecule has 2 heterocycles. The fraction of sp³-hybridized carbons (Fsp3) is 0.458. The van der Waals surface area contributed by atoms with Crippen molar-refractivity contribution >= 4 is 24.0 Å². The van der Waals surface area contributed by atoms with Crippen LogP contribution in [0.2, 0.25) is 0 Å². The summed E-state index contributed by atoms with van der Waals surface area (Å²) in [7, 11) is 2.56. The van der Waals surface area contributed by atoms with Crippen LogP contribution in [0.5, 0.6) is 0 Å². The van der Waals surface area contributed by atoms with Gasteiger partial charge in [0, 0.05) is 34.3 Å². The summed E-state index contributed by atoms with van der Waals surface area (Å²) in [5, 5.41) is 5.40. The lowest BCUT2D eigenvalue weighted by atomic mass is 9.99. The molecule has 4 rings (SSSR count). The number of aromatic nitrogens is 4. The fourth-order valence-corrected chi connectivity index (χ4v) is 6.43. The highest BCUT2D eigenvalue weighted by Gasteiger charge is 2.34. The van der Waals surface area contributed by atoms with Crippen molar-refractivity contribution < 1.29 is 28.7 Å². The molecule has 332 valence electrons. The first kappa shape index (κ1) is 49.8. The van der Waals surface area contributed by atoms with Crippen molar-refractivity contribution in [3.63, 3.8) is 0 Å². The third kappa shape index (κ3) is 13.5. The van der Waals surface area contributed by atoms with Crippen LogP contribution in [0, 0.1) is 48.4 Å². The molecule has 0 bridgehead atoms. The molecule has 0 aliphatic carbocycles. The number of H-pyrrole nitrogens is 2. The number of carbonyl (C=O) groups excluding carboxylic acids is 4. The monoisotopic (exact) mass is 848 g/mol. The van der Waals surface area contributed by atoms with Crippen molar-refractivity contribution in [1.82, 2.24) is 40.4 Å². The van der Waals surface area contributed by atoms with E-state index in [0.29, 0.717) is 24.7 Å². The van der Waals surface area contributed by atoms with E-state index in [1.54, 1.807) is 22.2 Å². The Morgan fingerprint density at radius 2 is 0.903 bits per heavy atom. The fourth-order valence-electron chi connectivity index (χ4n) is 6.43. The lowest BCUT2D eigenvalue weighted by molar-refractivity contribution is -0.139. The van der Waals surface area contributed by atoms with Crippen LogP contribution in [0.3, 0.4) is 0 Å². The average Bonchev–Trinajstić information content (AvgIpc) is 3.95. The van der Waals surface area contributed by atoms with Gasteiger partial charge in [0.2, 0.25) is 11.8 Å². The summed E-state index contributed by atoms with van der Waals surface area (Å²) in [4.78, 5) is 71.2. The minimum absolute atomic E-state index is 0.0988. The van der Waals surface area contributed by atoms with Gasteiger partial charge in [-0.05, 0) is 61.8 Å². The van der Waals surface area contributed by atoms with Crippen LogP contribution in [0.4, 0.5) is 9.59 Å². The number of amides is 4. The molecule has 4 aromatic rings. The summed E-state index contributed by atoms with van der Waals surface area (Å²) in [6, 6.07) is 13.9. The molecule has 0 aliphatic heterocycles. The molecule has 62 heavy (non-hydrogen) atoms. The van der Waals surface area contributed by atoms with E-state index in [9.17, 15) is 19.2 Å². The van der Waals surface area contributed by atoms with Crippen LogP contribution in [0.1, 0.15) is 91.8 Å². The summed E-state index contributed by atoms with van der Waals surface area (Å²) in [5.41, 5.74) is 4.96. The molecule has 4 amide bonds. The second-order valence-corrected chi connectivity index (χ2v) is 16.5. The largest absolute Gasteiger partial charge is 0.453 e. The normalized spacial score (nSPS) is 12.9. The molecule has 0 aliphatic rings. The Balaban J connectivity index is 0.00000504. The Hall–Kier alpha value is -6.54. The number of hydrogen-bond acceptors (Lipinski definition) is 8. The third-order valence-corrected chi connectivity index (χ3v) is 10.9. The first-order valence-corrected chi connectivity index (χ1v) is 20.9. The molecule has 0 radical (unpaired) electrons. The van der Waals surface area contributed by atoms with Crippen molar-refractivity contribution in [3.05, 3.63) is 83.4 Å². The van der Waals surface area contributed by atoms with E-state index >= 15 is 0 Å². The zero-order valence-electron chi connectivity index (χ0n) is 38.2. The predicted molar refractivity (Wildman–Crippen MR) is 242 cm³/mol. The van der Waals surface area contributed by atoms with E-state index in [-0.39, 0.29) is 47.6 Å². The average molecular weight is 849 g/mol. The second-order valence-electron chi connectivity index (χ2n) is 16.5. The Morgan fingerprint density at radius 3 is 1.18 bits per heavy atom. The molecule has 4 N–H and O–H groups in total. The standard InChI is InChI=1S/C46H62N8O6.C2H2/c1-27(2)31(9)53(43(55)39(29(5)6)51-45(57)59-11)25-37-23-47-41(49-37)35-19-15-33(16-20-35)13-14-34-17-21-36(22-18-34)42-48-24-38(50-42)26-54(32(10)28(3)4)44(56)40(30(7)8)52-46(58)60-12;1-2/h15-24,27-32,39-40H,25-26H2,1-12H3,(H,47,49)(H,48,50)(H,51,57)(H,52,58);1-2H/t31-,32?,39?,40?;/m1./s1. The van der Waals surface area contributed by atoms with E-state index < -0.39 is 24.3 Å². The molecule has 14 nitrogen and oxygen atoms in total. The van der Waals surface area contributed by atoms with E-state index in [0.717, 1.165) is 33.6 Å². The van der Waals surface area contributed by atoms with Gasteiger partial charge >= 0.3 is 12.2 Å². The number of rotatable bonds is 16. The summed E-state index contributed by atoms with van der Waals surface area (Å²) in [6.07, 6.45) is 10.2. The number of alkyl carbamates (subject to hydrolysis) is 2. The maximum absolute atomic E-state index is 13.8. The van der Waals surface area contributed by atoms with E-state index in [1.807, 2.05) is 90.1 Å². The first-order valence-electron chi connectivity index (χ1n) is 20.9. The predicted octanol–water partition coefficient (Wildman–Crippen LogP) is 7.62. The summed E-state index contributed by atoms with van der Waals surface area (Å²) >= 11 is 0. The van der Waals surface area contributed by atoms with E-state index in [4.69, 9.17) is 9.47 Å². The molecule has 2 aromatic heterocycles. The number of terminal acetylenes is 1. The number of hydrogen-bond donors (Lipinski definition) is 4. The number of nitrogens with one attached hydrogen (secondary N) is 4. The van der Waals surface area contributed by atoms with Crippen molar-refractivity contribution in [2.75, 3.05) is 14.2 Å². The van der Waals surface area contributed by atoms with Gasteiger partial charge in [0.15, 0.2) is 0 Å². The van der Waals surface area contributed by atoms with Crippen LogP contribution in [0.25, 0.3) is 22.8 Å². The highest BCUT2D eigenvalue weighted by Crippen LogP contribution is 2.23. The smallest absolute Gasteiger partial charge is 0.407 e. The molecule has 0 fully saturated rings. The third-order valence-electron chi connectivity index (χ3n) is 10.9. The number of methoxy groups -OCH3 is 2. The van der Waals surface area contributed by atoms with E-state index in [2.05, 4.69) is 83.0 Å². The number of ether oxygens (including phenoxy) is 2. The first-order chi connectivity index (χ1) is 29.4. The molecular weight excluding hydrogens is 785 g/mol. The van der Waals surface area contributed by atoms with Gasteiger partial charge in [0.25, 0.3) is 0 Å². The van der Waals surface area contributed by atoms with Gasteiger partial charge in [-0.1, -0.05) is 91.5 Å². The van der Waals surface area contributed by atoms with Crippen LogP contribution in [-0.4, -0.2) is 92.1 Å². The van der Waals surface area contributed by atoms with Crippen molar-refractivity contribution in [3.8, 4) is 47.5 Å². The molecule has 3 unspecified atom stereocenters. The number of imidazole rings is 2. The molecule has 0 spiro atoms. The number of nitrogens with zero attached hydrogens (tertiary/aromatic N) is 4. The SMILES string of the molecule is C#C.COC(=O)NC(C(=O)N(Cc1cnc(-c2ccc(C#Cc3ccc(-c4ncc(CN(C(=O)C(NC(=O)OC)C(C)C)[C@H](C)C(C)C)[nH]4)cc3)cc2)[nH]1)C(C)C(C)C)C(C)C. The van der Waals surface area contributed by atoms with Gasteiger partial charge in [-0.2, -0.15) is 0 Å². The zero-order valence-corrected chi connectivity index (χ0v) is 38.2. The lowest BCUT2D eigenvalue weighted by Crippen LogP contribution is -2.54. The summed E-state index contributed by atoms with van der Waals surface area (Å²) < 4.78 is 9.56.